The van der Waals surface area contributed by atoms with Crippen LogP contribution in [0.2, 0.25) is 0 Å². The van der Waals surface area contributed by atoms with Gasteiger partial charge in [-0.05, 0) is 6.92 Å². The molecule has 2 heterocycles. The van der Waals surface area contributed by atoms with Gasteiger partial charge in [0.05, 0.1) is 12.2 Å². The zero-order valence-corrected chi connectivity index (χ0v) is 15.5. The molecule has 24 heavy (non-hydrogen) atoms. The number of nitrogens with one attached hydrogen (secondary N) is 1. The second-order valence-electron chi connectivity index (χ2n) is 6.10. The van der Waals surface area contributed by atoms with Crippen LogP contribution in [0, 0.1) is 0 Å². The molecule has 2 aromatic rings. The Morgan fingerprint density at radius 1 is 1.33 bits per heavy atom. The summed E-state index contributed by atoms with van der Waals surface area (Å²) >= 11 is 0. The molecule has 0 saturated carbocycles. The minimum absolute atomic E-state index is 0. The van der Waals surface area contributed by atoms with Crippen LogP contribution in [0.1, 0.15) is 55.8 Å². The number of amides is 1. The fourth-order valence-electron chi connectivity index (χ4n) is 1.65. The minimum atomic E-state index is -0.463. The summed E-state index contributed by atoms with van der Waals surface area (Å²) in [4.78, 5) is 20.5. The van der Waals surface area contributed by atoms with E-state index in [9.17, 15) is 4.79 Å². The molecule has 10 heteroatoms. The molecular weight excluding hydrogens is 355 g/mol. The molecule has 0 saturated heterocycles. The predicted octanol–water partition coefficient (Wildman–Crippen LogP) is 2.46. The highest BCUT2D eigenvalue weighted by atomic mass is 35.5. The Balaban J connectivity index is 0.00000264. The Hall–Kier alpha value is -1.90. The van der Waals surface area contributed by atoms with Crippen molar-refractivity contribution in [3.63, 3.8) is 0 Å². The first-order valence-corrected chi connectivity index (χ1v) is 6.85. The van der Waals surface area contributed by atoms with E-state index in [0.29, 0.717) is 17.3 Å². The van der Waals surface area contributed by atoms with Gasteiger partial charge in [0.1, 0.15) is 11.5 Å². The van der Waals surface area contributed by atoms with Crippen molar-refractivity contribution in [1.82, 2.24) is 15.1 Å². The number of nitrogens with zero attached hydrogens (tertiary/aromatic N) is 3. The zero-order valence-electron chi connectivity index (χ0n) is 13.9. The lowest BCUT2D eigenvalue weighted by molar-refractivity contribution is 0.101. The summed E-state index contributed by atoms with van der Waals surface area (Å²) in [6, 6.07) is 1.15. The zero-order chi connectivity index (χ0) is 16.5. The van der Waals surface area contributed by atoms with Crippen LogP contribution < -0.4 is 16.8 Å². The highest BCUT2D eigenvalue weighted by Crippen LogP contribution is 2.22. The SMILES string of the molecule is CC(N)c1cc(C(=O)Nc2cnc(C(C)(C)C)nc2N)no1.Cl.Cl. The molecule has 1 amide bonds. The summed E-state index contributed by atoms with van der Waals surface area (Å²) in [6.07, 6.45) is 1.48. The quantitative estimate of drug-likeness (QED) is 0.748. The summed E-state index contributed by atoms with van der Waals surface area (Å²) in [5.41, 5.74) is 11.7. The van der Waals surface area contributed by atoms with Crippen LogP contribution in [0.3, 0.4) is 0 Å². The van der Waals surface area contributed by atoms with Gasteiger partial charge in [0.25, 0.3) is 5.91 Å². The van der Waals surface area contributed by atoms with Crippen molar-refractivity contribution < 1.29 is 9.32 Å². The third kappa shape index (κ3) is 5.05. The van der Waals surface area contributed by atoms with E-state index >= 15 is 0 Å². The van der Waals surface area contributed by atoms with Crippen molar-refractivity contribution >= 4 is 42.2 Å². The standard InChI is InChI=1S/C14H20N6O2.2ClH/c1-7(15)10-5-8(20-22-10)12(21)18-9-6-17-13(14(2,3)4)19-11(9)16;;/h5-7H,15H2,1-4H3,(H,18,21)(H2,16,17,19);2*1H. The summed E-state index contributed by atoms with van der Waals surface area (Å²) < 4.78 is 4.98. The van der Waals surface area contributed by atoms with Gasteiger partial charge >= 0.3 is 0 Å². The maximum atomic E-state index is 12.1. The van der Waals surface area contributed by atoms with Crippen molar-refractivity contribution in [2.75, 3.05) is 11.1 Å². The van der Waals surface area contributed by atoms with Crippen molar-refractivity contribution in [1.29, 1.82) is 0 Å². The molecule has 2 aromatic heterocycles. The Kier molecular flexibility index (Phi) is 7.62. The fraction of sp³-hybridized carbons (Fsp3) is 0.429. The van der Waals surface area contributed by atoms with Crippen LogP contribution in [0.5, 0.6) is 0 Å². The molecule has 0 fully saturated rings. The highest BCUT2D eigenvalue weighted by molar-refractivity contribution is 6.04. The average Bonchev–Trinajstić information content (AvgIpc) is 2.89. The van der Waals surface area contributed by atoms with Gasteiger partial charge in [-0.1, -0.05) is 25.9 Å². The Bertz CT molecular complexity index is 697. The Morgan fingerprint density at radius 2 is 1.96 bits per heavy atom. The number of hydrogen-bond acceptors (Lipinski definition) is 7. The molecule has 0 aliphatic carbocycles. The summed E-state index contributed by atoms with van der Waals surface area (Å²) in [5, 5.41) is 6.28. The molecule has 5 N–H and O–H groups in total. The van der Waals surface area contributed by atoms with E-state index in [1.807, 2.05) is 20.8 Å². The van der Waals surface area contributed by atoms with Gasteiger partial charge < -0.3 is 21.3 Å². The van der Waals surface area contributed by atoms with E-state index in [2.05, 4.69) is 20.4 Å². The van der Waals surface area contributed by atoms with E-state index in [1.165, 1.54) is 12.3 Å². The number of anilines is 2. The van der Waals surface area contributed by atoms with E-state index in [0.717, 1.165) is 0 Å². The molecule has 134 valence electrons. The molecule has 0 aliphatic heterocycles. The number of carbonyl (C=O) groups excluding carboxylic acids is 1. The predicted molar refractivity (Wildman–Crippen MR) is 96.7 cm³/mol. The molecule has 2 rings (SSSR count). The van der Waals surface area contributed by atoms with Gasteiger partial charge in [-0.15, -0.1) is 24.8 Å². The van der Waals surface area contributed by atoms with Crippen LogP contribution in [-0.2, 0) is 5.41 Å². The number of nitrogens with two attached hydrogens (primary N) is 2. The fourth-order valence-corrected chi connectivity index (χ4v) is 1.65. The van der Waals surface area contributed by atoms with Crippen molar-refractivity contribution in [3.8, 4) is 0 Å². The third-order valence-corrected chi connectivity index (χ3v) is 2.95. The van der Waals surface area contributed by atoms with Crippen LogP contribution in [0.25, 0.3) is 0 Å². The molecule has 0 radical (unpaired) electrons. The first-order chi connectivity index (χ1) is 10.2. The van der Waals surface area contributed by atoms with Gasteiger partial charge in [-0.2, -0.15) is 0 Å². The lowest BCUT2D eigenvalue weighted by Crippen LogP contribution is -2.19. The molecule has 0 bridgehead atoms. The smallest absolute Gasteiger partial charge is 0.277 e. The normalized spacial score (nSPS) is 11.9. The summed E-state index contributed by atoms with van der Waals surface area (Å²) in [5.74, 6) is 0.764. The van der Waals surface area contributed by atoms with Crippen LogP contribution in [-0.4, -0.2) is 21.0 Å². The van der Waals surface area contributed by atoms with Crippen LogP contribution in [0.4, 0.5) is 11.5 Å². The Morgan fingerprint density at radius 3 is 2.42 bits per heavy atom. The average molecular weight is 377 g/mol. The number of hydrogen-bond donors (Lipinski definition) is 3. The first-order valence-electron chi connectivity index (χ1n) is 6.85. The Labute approximate surface area is 152 Å². The topological polar surface area (TPSA) is 133 Å². The van der Waals surface area contributed by atoms with Gasteiger partial charge in [-0.3, -0.25) is 4.79 Å². The highest BCUT2D eigenvalue weighted by Gasteiger charge is 2.20. The van der Waals surface area contributed by atoms with Gasteiger partial charge in [-0.25, -0.2) is 9.97 Å². The molecule has 0 aliphatic rings. The second kappa shape index (κ2) is 8.27. The van der Waals surface area contributed by atoms with Crippen LogP contribution >= 0.6 is 24.8 Å². The van der Waals surface area contributed by atoms with E-state index in [-0.39, 0.29) is 47.8 Å². The summed E-state index contributed by atoms with van der Waals surface area (Å²) in [6.45, 7) is 7.67. The van der Waals surface area contributed by atoms with Crippen molar-refractivity contribution in [2.45, 2.75) is 39.2 Å². The van der Waals surface area contributed by atoms with Gasteiger partial charge in [0, 0.05) is 11.5 Å². The number of carbonyl (C=O) groups is 1. The lowest BCUT2D eigenvalue weighted by atomic mass is 9.96. The monoisotopic (exact) mass is 376 g/mol. The maximum absolute atomic E-state index is 12.1. The molecule has 8 nitrogen and oxygen atoms in total. The van der Waals surface area contributed by atoms with Crippen molar-refractivity contribution in [2.24, 2.45) is 5.73 Å². The molecule has 0 aromatic carbocycles. The van der Waals surface area contributed by atoms with Crippen molar-refractivity contribution in [3.05, 3.63) is 29.5 Å². The third-order valence-electron chi connectivity index (χ3n) is 2.95. The number of halogens is 2. The lowest BCUT2D eigenvalue weighted by Gasteiger charge is -2.17. The minimum Gasteiger partial charge on any atom is -0.382 e. The van der Waals surface area contributed by atoms with Gasteiger partial charge in [0.2, 0.25) is 0 Å². The second-order valence-corrected chi connectivity index (χ2v) is 6.10. The largest absolute Gasteiger partial charge is 0.382 e. The molecule has 1 unspecified atom stereocenters. The maximum Gasteiger partial charge on any atom is 0.277 e. The molecule has 1 atom stereocenters. The number of aromatic nitrogens is 3. The van der Waals surface area contributed by atoms with E-state index < -0.39 is 5.91 Å². The van der Waals surface area contributed by atoms with Gasteiger partial charge in [0.15, 0.2) is 17.3 Å². The van der Waals surface area contributed by atoms with Crippen LogP contribution in [0.15, 0.2) is 16.8 Å². The number of rotatable bonds is 3. The first kappa shape index (κ1) is 22.1. The molecular formula is C14H22Cl2N6O2. The van der Waals surface area contributed by atoms with E-state index in [1.54, 1.807) is 6.92 Å². The summed E-state index contributed by atoms with van der Waals surface area (Å²) in [7, 11) is 0. The number of nitrogen functional groups attached to an aromatic ring is 1. The molecule has 0 spiro atoms. The van der Waals surface area contributed by atoms with E-state index in [4.69, 9.17) is 16.0 Å².